The molecule has 0 radical (unpaired) electrons. The molecule has 0 aliphatic heterocycles. The van der Waals surface area contributed by atoms with Crippen LogP contribution in [0.2, 0.25) is 0 Å². The first-order chi connectivity index (χ1) is 12.5. The number of hydrogen-bond acceptors (Lipinski definition) is 6. The number of fused-ring (bicyclic) bond motifs is 1. The Balaban J connectivity index is 1.84. The van der Waals surface area contributed by atoms with Gasteiger partial charge in [0.2, 0.25) is 5.76 Å². The van der Waals surface area contributed by atoms with Crippen molar-refractivity contribution in [2.24, 2.45) is 5.10 Å². The van der Waals surface area contributed by atoms with Gasteiger partial charge in [-0.05, 0) is 39.2 Å². The maximum Gasteiger partial charge on any atom is 0.374 e. The molecule has 0 aromatic carbocycles. The lowest BCUT2D eigenvalue weighted by atomic mass is 9.93. The molecule has 7 nitrogen and oxygen atoms in total. The Morgan fingerprint density at radius 1 is 1.31 bits per heavy atom. The molecule has 1 aliphatic rings. The zero-order valence-electron chi connectivity index (χ0n) is 15.2. The van der Waals surface area contributed by atoms with E-state index in [-0.39, 0.29) is 11.7 Å². The fourth-order valence-electron chi connectivity index (χ4n) is 3.03. The van der Waals surface area contributed by atoms with E-state index in [0.29, 0.717) is 41.4 Å². The summed E-state index contributed by atoms with van der Waals surface area (Å²) < 4.78 is 16.1. The van der Waals surface area contributed by atoms with E-state index >= 15 is 0 Å². The second-order valence-electron chi connectivity index (χ2n) is 6.23. The standard InChI is InChI=1S/C19H22N2O5/c1-4-9-25-19(23)17-11(2)16-14(6-5-7-15(16)26-17)20-21-18(22)13-8-10-24-12(13)3/h8,10H,4-7,9H2,1-3H3,(H,21,22)/b20-14+. The van der Waals surface area contributed by atoms with Gasteiger partial charge in [-0.2, -0.15) is 5.10 Å². The molecule has 0 unspecified atom stereocenters. The number of amides is 1. The molecule has 1 N–H and O–H groups in total. The number of esters is 1. The Labute approximate surface area is 151 Å². The highest BCUT2D eigenvalue weighted by molar-refractivity contribution is 6.06. The highest BCUT2D eigenvalue weighted by Gasteiger charge is 2.28. The SMILES string of the molecule is CCCOC(=O)c1oc2c(c1C)/C(=N/NC(=O)c1ccoc1C)CCC2. The number of nitrogens with zero attached hydrogens (tertiary/aromatic N) is 1. The highest BCUT2D eigenvalue weighted by atomic mass is 16.5. The molecule has 2 aromatic rings. The van der Waals surface area contributed by atoms with Gasteiger partial charge in [0, 0.05) is 17.5 Å². The number of carbonyl (C=O) groups is 2. The van der Waals surface area contributed by atoms with Gasteiger partial charge in [-0.3, -0.25) is 4.79 Å². The molecule has 1 amide bonds. The zero-order valence-corrected chi connectivity index (χ0v) is 15.2. The minimum Gasteiger partial charge on any atom is -0.469 e. The maximum atomic E-state index is 12.2. The quantitative estimate of drug-likeness (QED) is 0.652. The minimum atomic E-state index is -0.462. The van der Waals surface area contributed by atoms with Crippen LogP contribution in [0.25, 0.3) is 0 Å². The van der Waals surface area contributed by atoms with Crippen molar-refractivity contribution in [2.75, 3.05) is 6.61 Å². The molecule has 2 aromatic heterocycles. The second-order valence-corrected chi connectivity index (χ2v) is 6.23. The molecule has 1 aliphatic carbocycles. The van der Waals surface area contributed by atoms with Gasteiger partial charge in [0.1, 0.15) is 11.5 Å². The molecule has 26 heavy (non-hydrogen) atoms. The summed E-state index contributed by atoms with van der Waals surface area (Å²) in [4.78, 5) is 24.4. The van der Waals surface area contributed by atoms with Crippen LogP contribution in [0.15, 0.2) is 26.3 Å². The van der Waals surface area contributed by atoms with E-state index in [1.807, 2.05) is 13.8 Å². The zero-order chi connectivity index (χ0) is 18.7. The fraction of sp³-hybridized carbons (Fsp3) is 0.421. The van der Waals surface area contributed by atoms with E-state index in [1.54, 1.807) is 13.0 Å². The van der Waals surface area contributed by atoms with Crippen molar-refractivity contribution in [3.63, 3.8) is 0 Å². The van der Waals surface area contributed by atoms with Crippen LogP contribution in [0.5, 0.6) is 0 Å². The molecule has 0 saturated heterocycles. The Kier molecular flexibility index (Phi) is 5.25. The molecule has 0 atom stereocenters. The van der Waals surface area contributed by atoms with Gasteiger partial charge in [-0.25, -0.2) is 10.2 Å². The molecule has 0 bridgehead atoms. The summed E-state index contributed by atoms with van der Waals surface area (Å²) in [5, 5.41) is 4.28. The first-order valence-corrected chi connectivity index (χ1v) is 8.73. The molecule has 138 valence electrons. The smallest absolute Gasteiger partial charge is 0.374 e. The van der Waals surface area contributed by atoms with Crippen LogP contribution in [0.1, 0.15) is 69.7 Å². The molecule has 3 rings (SSSR count). The number of hydrazone groups is 1. The third kappa shape index (κ3) is 3.42. The first kappa shape index (κ1) is 18.0. The Morgan fingerprint density at radius 3 is 2.81 bits per heavy atom. The lowest BCUT2D eigenvalue weighted by Crippen LogP contribution is -2.22. The Bertz CT molecular complexity index is 859. The van der Waals surface area contributed by atoms with Crippen molar-refractivity contribution in [1.82, 2.24) is 5.43 Å². The number of aryl methyl sites for hydroxylation is 2. The van der Waals surface area contributed by atoms with Gasteiger partial charge < -0.3 is 13.6 Å². The van der Waals surface area contributed by atoms with Crippen LogP contribution < -0.4 is 5.43 Å². The van der Waals surface area contributed by atoms with E-state index in [0.717, 1.165) is 24.8 Å². The van der Waals surface area contributed by atoms with Gasteiger partial charge in [-0.1, -0.05) is 6.92 Å². The number of hydrogen-bond donors (Lipinski definition) is 1. The van der Waals surface area contributed by atoms with E-state index in [4.69, 9.17) is 13.6 Å². The van der Waals surface area contributed by atoms with E-state index < -0.39 is 5.97 Å². The molecular weight excluding hydrogens is 336 g/mol. The number of carbonyl (C=O) groups excluding carboxylic acids is 2. The number of nitrogens with one attached hydrogen (secondary N) is 1. The van der Waals surface area contributed by atoms with Gasteiger partial charge >= 0.3 is 5.97 Å². The second kappa shape index (κ2) is 7.59. The Hall–Kier alpha value is -2.83. The molecule has 0 saturated carbocycles. The van der Waals surface area contributed by atoms with Crippen molar-refractivity contribution >= 4 is 17.6 Å². The minimum absolute atomic E-state index is 0.218. The van der Waals surface area contributed by atoms with E-state index in [9.17, 15) is 9.59 Å². The van der Waals surface area contributed by atoms with Crippen molar-refractivity contribution in [1.29, 1.82) is 0 Å². The summed E-state index contributed by atoms with van der Waals surface area (Å²) in [6.45, 7) is 5.82. The predicted molar refractivity (Wildman–Crippen MR) is 94.4 cm³/mol. The molecule has 2 heterocycles. The van der Waals surface area contributed by atoms with Gasteiger partial charge in [0.15, 0.2) is 0 Å². The van der Waals surface area contributed by atoms with Gasteiger partial charge in [0.05, 0.1) is 24.1 Å². The average molecular weight is 358 g/mol. The van der Waals surface area contributed by atoms with Crippen molar-refractivity contribution < 1.29 is 23.2 Å². The summed E-state index contributed by atoms with van der Waals surface area (Å²) in [5.41, 5.74) is 5.21. The fourth-order valence-corrected chi connectivity index (χ4v) is 3.03. The van der Waals surface area contributed by atoms with Crippen LogP contribution >= 0.6 is 0 Å². The largest absolute Gasteiger partial charge is 0.469 e. The lowest BCUT2D eigenvalue weighted by Gasteiger charge is -2.13. The highest BCUT2D eigenvalue weighted by Crippen LogP contribution is 2.30. The van der Waals surface area contributed by atoms with E-state index in [2.05, 4.69) is 10.5 Å². The van der Waals surface area contributed by atoms with Crippen molar-refractivity contribution in [2.45, 2.75) is 46.5 Å². The third-order valence-electron chi connectivity index (χ3n) is 4.34. The summed E-state index contributed by atoms with van der Waals surface area (Å²) in [6.07, 6.45) is 4.47. The number of rotatable bonds is 5. The van der Waals surface area contributed by atoms with Crippen molar-refractivity contribution in [3.8, 4) is 0 Å². The van der Waals surface area contributed by atoms with Crippen LogP contribution in [-0.4, -0.2) is 24.2 Å². The Morgan fingerprint density at radius 2 is 2.12 bits per heavy atom. The van der Waals surface area contributed by atoms with E-state index in [1.165, 1.54) is 6.26 Å². The maximum absolute atomic E-state index is 12.2. The topological polar surface area (TPSA) is 94.0 Å². The lowest BCUT2D eigenvalue weighted by molar-refractivity contribution is 0.0465. The summed E-state index contributed by atoms with van der Waals surface area (Å²) in [7, 11) is 0. The average Bonchev–Trinajstić information content (AvgIpc) is 3.21. The van der Waals surface area contributed by atoms with Crippen LogP contribution in [0.3, 0.4) is 0 Å². The van der Waals surface area contributed by atoms with Crippen molar-refractivity contribution in [3.05, 3.63) is 46.3 Å². The predicted octanol–water partition coefficient (Wildman–Crippen LogP) is 3.53. The molecule has 7 heteroatoms. The first-order valence-electron chi connectivity index (χ1n) is 8.73. The normalized spacial score (nSPS) is 15.0. The van der Waals surface area contributed by atoms with Gasteiger partial charge in [-0.15, -0.1) is 0 Å². The van der Waals surface area contributed by atoms with Crippen LogP contribution in [0.4, 0.5) is 0 Å². The summed E-state index contributed by atoms with van der Waals surface area (Å²) in [5.74, 6) is 0.669. The van der Waals surface area contributed by atoms with Gasteiger partial charge in [0.25, 0.3) is 5.91 Å². The summed E-state index contributed by atoms with van der Waals surface area (Å²) in [6, 6.07) is 1.60. The molecular formula is C19H22N2O5. The number of furan rings is 2. The molecule has 0 fully saturated rings. The molecule has 0 spiro atoms. The number of ether oxygens (including phenoxy) is 1. The monoisotopic (exact) mass is 358 g/mol. The van der Waals surface area contributed by atoms with Crippen LogP contribution in [-0.2, 0) is 11.2 Å². The summed E-state index contributed by atoms with van der Waals surface area (Å²) >= 11 is 0. The van der Waals surface area contributed by atoms with Crippen LogP contribution in [0, 0.1) is 13.8 Å². The third-order valence-corrected chi connectivity index (χ3v) is 4.34.